The third-order valence-corrected chi connectivity index (χ3v) is 7.01. The molecule has 200 valence electrons. The SMILES string of the molecule is CC1=C(C(=O)O)C(c2cccc(Cl)c2)N(CCCN(C)C(=O)c2ccc(OC3C=CCCC3)cc2)C(=O)N1. The number of rotatable bonds is 9. The predicted octanol–water partition coefficient (Wildman–Crippen LogP) is 5.41. The van der Waals surface area contributed by atoms with Crippen LogP contribution in [-0.4, -0.2) is 59.1 Å². The molecule has 1 aliphatic heterocycles. The topological polar surface area (TPSA) is 99.2 Å². The maximum atomic E-state index is 13.0. The molecule has 0 spiro atoms. The number of allylic oxidation sites excluding steroid dienone is 2. The number of carbonyl (C=O) groups excluding carboxylic acids is 2. The zero-order valence-corrected chi connectivity index (χ0v) is 22.3. The Labute approximate surface area is 227 Å². The molecule has 0 radical (unpaired) electrons. The number of benzene rings is 2. The summed E-state index contributed by atoms with van der Waals surface area (Å²) in [5.41, 5.74) is 1.53. The van der Waals surface area contributed by atoms with Gasteiger partial charge in [0.05, 0.1) is 11.6 Å². The average Bonchev–Trinajstić information content (AvgIpc) is 2.90. The third-order valence-electron chi connectivity index (χ3n) is 6.78. The van der Waals surface area contributed by atoms with Gasteiger partial charge in [-0.05, 0) is 80.6 Å². The van der Waals surface area contributed by atoms with Crippen molar-refractivity contribution in [3.05, 3.63) is 88.1 Å². The summed E-state index contributed by atoms with van der Waals surface area (Å²) < 4.78 is 5.97. The highest BCUT2D eigenvalue weighted by Gasteiger charge is 2.37. The van der Waals surface area contributed by atoms with E-state index in [1.165, 1.54) is 4.90 Å². The van der Waals surface area contributed by atoms with Crippen LogP contribution in [0.5, 0.6) is 5.75 Å². The van der Waals surface area contributed by atoms with E-state index in [1.807, 2.05) is 0 Å². The van der Waals surface area contributed by atoms with E-state index in [4.69, 9.17) is 16.3 Å². The Morgan fingerprint density at radius 1 is 1.21 bits per heavy atom. The first-order valence-electron chi connectivity index (χ1n) is 12.7. The van der Waals surface area contributed by atoms with E-state index < -0.39 is 18.0 Å². The van der Waals surface area contributed by atoms with Crippen LogP contribution in [0, 0.1) is 0 Å². The third kappa shape index (κ3) is 6.37. The van der Waals surface area contributed by atoms with E-state index >= 15 is 0 Å². The van der Waals surface area contributed by atoms with Crippen LogP contribution in [0.1, 0.15) is 54.6 Å². The van der Waals surface area contributed by atoms with Gasteiger partial charge in [-0.2, -0.15) is 0 Å². The number of urea groups is 1. The minimum Gasteiger partial charge on any atom is -0.486 e. The summed E-state index contributed by atoms with van der Waals surface area (Å²) >= 11 is 6.17. The van der Waals surface area contributed by atoms with Crippen molar-refractivity contribution in [2.75, 3.05) is 20.1 Å². The molecular weight excluding hydrogens is 506 g/mol. The number of hydrogen-bond donors (Lipinski definition) is 2. The molecular formula is C29H32ClN3O5. The van der Waals surface area contributed by atoms with Gasteiger partial charge in [0.25, 0.3) is 5.91 Å². The first kappa shape index (κ1) is 27.3. The van der Waals surface area contributed by atoms with Crippen LogP contribution >= 0.6 is 11.6 Å². The predicted molar refractivity (Wildman–Crippen MR) is 145 cm³/mol. The standard InChI is InChI=1S/C29H32ClN3O5/c1-19-25(28(35)36)26(21-8-6-9-22(30)18-21)33(29(37)31-19)17-7-16-32(2)27(34)20-12-14-24(15-13-20)38-23-10-4-3-5-11-23/h4,6,8-10,12-15,18,23,26H,3,5,7,11,16-17H2,1-2H3,(H,31,37)(H,35,36). The zero-order valence-electron chi connectivity index (χ0n) is 21.5. The van der Waals surface area contributed by atoms with Gasteiger partial charge < -0.3 is 25.0 Å². The maximum Gasteiger partial charge on any atom is 0.335 e. The van der Waals surface area contributed by atoms with Crippen LogP contribution in [0.25, 0.3) is 0 Å². The maximum absolute atomic E-state index is 13.0. The van der Waals surface area contributed by atoms with Crippen molar-refractivity contribution in [3.63, 3.8) is 0 Å². The van der Waals surface area contributed by atoms with Crippen LogP contribution in [0.3, 0.4) is 0 Å². The van der Waals surface area contributed by atoms with Gasteiger partial charge >= 0.3 is 12.0 Å². The van der Waals surface area contributed by atoms with Crippen molar-refractivity contribution in [2.45, 2.75) is 44.8 Å². The molecule has 9 heteroatoms. The molecule has 2 N–H and O–H groups in total. The molecule has 0 saturated carbocycles. The Balaban J connectivity index is 1.40. The van der Waals surface area contributed by atoms with Crippen LogP contribution < -0.4 is 10.1 Å². The number of nitrogens with zero attached hydrogens (tertiary/aromatic N) is 2. The van der Waals surface area contributed by atoms with Gasteiger partial charge in [0, 0.05) is 36.4 Å². The molecule has 4 rings (SSSR count). The second-order valence-electron chi connectivity index (χ2n) is 9.54. The van der Waals surface area contributed by atoms with Crippen molar-refractivity contribution < 1.29 is 24.2 Å². The molecule has 2 aromatic carbocycles. The minimum atomic E-state index is -1.11. The van der Waals surface area contributed by atoms with Gasteiger partial charge in [0.2, 0.25) is 0 Å². The van der Waals surface area contributed by atoms with E-state index in [1.54, 1.807) is 67.4 Å². The highest BCUT2D eigenvalue weighted by Crippen LogP contribution is 2.34. The molecule has 1 heterocycles. The van der Waals surface area contributed by atoms with Gasteiger partial charge in [0.1, 0.15) is 11.9 Å². The summed E-state index contributed by atoms with van der Waals surface area (Å²) in [7, 11) is 1.71. The molecule has 2 unspecified atom stereocenters. The lowest BCUT2D eigenvalue weighted by molar-refractivity contribution is -0.133. The fourth-order valence-electron chi connectivity index (χ4n) is 4.84. The number of halogens is 1. The molecule has 0 aromatic heterocycles. The normalized spacial score (nSPS) is 19.2. The molecule has 3 amide bonds. The fourth-order valence-corrected chi connectivity index (χ4v) is 5.04. The Morgan fingerprint density at radius 3 is 2.63 bits per heavy atom. The van der Waals surface area contributed by atoms with E-state index in [-0.39, 0.29) is 24.1 Å². The minimum absolute atomic E-state index is 0.0657. The van der Waals surface area contributed by atoms with Crippen molar-refractivity contribution in [1.82, 2.24) is 15.1 Å². The van der Waals surface area contributed by atoms with Gasteiger partial charge in [-0.15, -0.1) is 0 Å². The van der Waals surface area contributed by atoms with Crippen molar-refractivity contribution in [1.29, 1.82) is 0 Å². The molecule has 0 saturated heterocycles. The summed E-state index contributed by atoms with van der Waals surface area (Å²) in [4.78, 5) is 41.1. The Bertz CT molecular complexity index is 1260. The number of aliphatic carboxylic acids is 1. The van der Waals surface area contributed by atoms with E-state index in [9.17, 15) is 19.5 Å². The highest BCUT2D eigenvalue weighted by atomic mass is 35.5. The molecule has 1 aliphatic carbocycles. The second-order valence-corrected chi connectivity index (χ2v) is 9.98. The number of carbonyl (C=O) groups is 3. The first-order chi connectivity index (χ1) is 18.2. The van der Waals surface area contributed by atoms with E-state index in [2.05, 4.69) is 17.5 Å². The molecule has 38 heavy (non-hydrogen) atoms. The molecule has 8 nitrogen and oxygen atoms in total. The largest absolute Gasteiger partial charge is 0.486 e. The Hall–Kier alpha value is -3.78. The summed E-state index contributed by atoms with van der Waals surface area (Å²) in [6.07, 6.45) is 7.90. The molecule has 2 aromatic rings. The van der Waals surface area contributed by atoms with Gasteiger partial charge in [-0.25, -0.2) is 9.59 Å². The smallest absolute Gasteiger partial charge is 0.335 e. The lowest BCUT2D eigenvalue weighted by Gasteiger charge is -2.37. The number of ether oxygens (including phenoxy) is 1. The highest BCUT2D eigenvalue weighted by molar-refractivity contribution is 6.30. The lowest BCUT2D eigenvalue weighted by Crippen LogP contribution is -2.49. The van der Waals surface area contributed by atoms with E-state index in [0.29, 0.717) is 34.8 Å². The van der Waals surface area contributed by atoms with Crippen molar-refractivity contribution in [2.24, 2.45) is 0 Å². The number of hydrogen-bond acceptors (Lipinski definition) is 4. The van der Waals surface area contributed by atoms with Crippen LogP contribution in [0.4, 0.5) is 4.79 Å². The molecule has 0 fully saturated rings. The van der Waals surface area contributed by atoms with Crippen LogP contribution in [0.15, 0.2) is 72.0 Å². The Kier molecular flexibility index (Phi) is 8.73. The van der Waals surface area contributed by atoms with Crippen molar-refractivity contribution >= 4 is 29.5 Å². The zero-order chi connectivity index (χ0) is 27.2. The molecule has 0 bridgehead atoms. The number of carboxylic acids is 1. The van der Waals surface area contributed by atoms with Gasteiger partial charge in [-0.1, -0.05) is 29.8 Å². The van der Waals surface area contributed by atoms with Crippen LogP contribution in [0.2, 0.25) is 5.02 Å². The quantitative estimate of drug-likeness (QED) is 0.416. The summed E-state index contributed by atoms with van der Waals surface area (Å²) in [5.74, 6) is -0.538. The molecule has 2 aliphatic rings. The van der Waals surface area contributed by atoms with E-state index in [0.717, 1.165) is 25.0 Å². The molecule has 2 atom stereocenters. The average molecular weight is 538 g/mol. The van der Waals surface area contributed by atoms with Crippen molar-refractivity contribution in [3.8, 4) is 5.75 Å². The lowest BCUT2D eigenvalue weighted by atomic mass is 9.93. The Morgan fingerprint density at radius 2 is 1.97 bits per heavy atom. The second kappa shape index (κ2) is 12.2. The van der Waals surface area contributed by atoms with Gasteiger partial charge in [0.15, 0.2) is 0 Å². The number of carboxylic acid groups (broad SMARTS) is 1. The summed E-state index contributed by atoms with van der Waals surface area (Å²) in [6.45, 7) is 2.19. The summed E-state index contributed by atoms with van der Waals surface area (Å²) in [6, 6.07) is 12.8. The van der Waals surface area contributed by atoms with Crippen LogP contribution in [-0.2, 0) is 4.79 Å². The fraction of sp³-hybridized carbons (Fsp3) is 0.345. The summed E-state index contributed by atoms with van der Waals surface area (Å²) in [5, 5.41) is 13.0. The number of amides is 3. The number of nitrogens with one attached hydrogen (secondary N) is 1. The van der Waals surface area contributed by atoms with Gasteiger partial charge in [-0.3, -0.25) is 4.79 Å². The monoisotopic (exact) mass is 537 g/mol. The first-order valence-corrected chi connectivity index (χ1v) is 13.1.